The molecular weight excluding hydrogens is 635 g/mol. The van der Waals surface area contributed by atoms with Crippen LogP contribution >= 0.6 is 11.3 Å². The van der Waals surface area contributed by atoms with E-state index in [9.17, 15) is 0 Å². The van der Waals surface area contributed by atoms with Crippen LogP contribution in [0.4, 0.5) is 17.1 Å². The van der Waals surface area contributed by atoms with Crippen molar-refractivity contribution in [1.29, 1.82) is 0 Å². The second-order valence-electron chi connectivity index (χ2n) is 13.6. The van der Waals surface area contributed by atoms with E-state index < -0.39 is 5.41 Å². The Labute approximate surface area is 301 Å². The summed E-state index contributed by atoms with van der Waals surface area (Å²) in [6, 6.07) is 69.7. The molecule has 0 N–H and O–H groups in total. The Kier molecular flexibility index (Phi) is 6.11. The van der Waals surface area contributed by atoms with Crippen LogP contribution in [0.1, 0.15) is 22.3 Å². The zero-order valence-electron chi connectivity index (χ0n) is 27.8. The van der Waals surface area contributed by atoms with Crippen LogP contribution < -0.4 is 4.90 Å². The molecule has 0 amide bonds. The molecular formula is C49H31NS. The van der Waals surface area contributed by atoms with Gasteiger partial charge in [-0.05, 0) is 92.0 Å². The Morgan fingerprint density at radius 1 is 0.373 bits per heavy atom. The van der Waals surface area contributed by atoms with E-state index in [1.807, 2.05) is 11.3 Å². The molecule has 0 unspecified atom stereocenters. The highest BCUT2D eigenvalue weighted by Crippen LogP contribution is 2.63. The standard InChI is InChI=1S/C49H31NS/c1-2-13-32(14-3-1)33-25-27-34(28-26-33)50(46-23-12-19-41-40-18-7-11-24-47(40)51-48(41)46)35-29-30-39-38-17-6-10-22-44(38)49(45(39)31-35)42-20-8-4-15-36(42)37-16-5-9-21-43(37)49/h1-31H. The van der Waals surface area contributed by atoms with Gasteiger partial charge in [0.1, 0.15) is 0 Å². The molecule has 2 aliphatic carbocycles. The molecule has 0 bridgehead atoms. The van der Waals surface area contributed by atoms with Gasteiger partial charge in [-0.15, -0.1) is 11.3 Å². The molecule has 0 saturated carbocycles. The van der Waals surface area contributed by atoms with Crippen molar-refractivity contribution < 1.29 is 0 Å². The minimum Gasteiger partial charge on any atom is -0.309 e. The highest BCUT2D eigenvalue weighted by Gasteiger charge is 2.51. The first kappa shape index (κ1) is 28.6. The summed E-state index contributed by atoms with van der Waals surface area (Å²) in [7, 11) is 0. The maximum absolute atomic E-state index is 2.49. The largest absolute Gasteiger partial charge is 0.309 e. The van der Waals surface area contributed by atoms with Gasteiger partial charge in [0.05, 0.1) is 15.8 Å². The van der Waals surface area contributed by atoms with E-state index in [1.165, 1.54) is 81.5 Å². The second kappa shape index (κ2) is 10.9. The third-order valence-electron chi connectivity index (χ3n) is 11.1. The SMILES string of the molecule is c1ccc(-c2ccc(N(c3ccc4c(c3)C3(c5ccccc5-c5ccccc53)c3ccccc3-4)c3cccc4c3sc3ccccc34)cc2)cc1. The van der Waals surface area contributed by atoms with E-state index in [0.29, 0.717) is 0 Å². The van der Waals surface area contributed by atoms with Crippen LogP contribution in [-0.4, -0.2) is 0 Å². The summed E-state index contributed by atoms with van der Waals surface area (Å²) >= 11 is 1.88. The number of anilines is 3. The molecule has 0 fully saturated rings. The third-order valence-corrected chi connectivity index (χ3v) is 12.3. The minimum atomic E-state index is -0.401. The topological polar surface area (TPSA) is 3.24 Å². The molecule has 1 spiro atoms. The highest BCUT2D eigenvalue weighted by atomic mass is 32.1. The van der Waals surface area contributed by atoms with Crippen LogP contribution in [0.2, 0.25) is 0 Å². The van der Waals surface area contributed by atoms with Crippen molar-refractivity contribution in [2.24, 2.45) is 0 Å². The maximum Gasteiger partial charge on any atom is 0.0726 e. The molecule has 1 aromatic heterocycles. The fraction of sp³-hybridized carbons (Fsp3) is 0.0204. The van der Waals surface area contributed by atoms with Gasteiger partial charge in [0, 0.05) is 26.8 Å². The van der Waals surface area contributed by atoms with E-state index in [0.717, 1.165) is 11.4 Å². The number of benzene rings is 8. The molecule has 9 aromatic rings. The number of fused-ring (bicyclic) bond motifs is 13. The number of nitrogens with zero attached hydrogens (tertiary/aromatic N) is 1. The average Bonchev–Trinajstić information content (AvgIpc) is 3.83. The number of hydrogen-bond acceptors (Lipinski definition) is 2. The van der Waals surface area contributed by atoms with Crippen molar-refractivity contribution in [2.45, 2.75) is 5.41 Å². The lowest BCUT2D eigenvalue weighted by Gasteiger charge is -2.32. The third kappa shape index (κ3) is 3.97. The van der Waals surface area contributed by atoms with E-state index >= 15 is 0 Å². The summed E-state index contributed by atoms with van der Waals surface area (Å²) in [5, 5.41) is 2.60. The van der Waals surface area contributed by atoms with Gasteiger partial charge in [-0.3, -0.25) is 0 Å². The molecule has 0 saturated heterocycles. The predicted octanol–water partition coefficient (Wildman–Crippen LogP) is 13.5. The number of rotatable bonds is 4. The van der Waals surface area contributed by atoms with Crippen molar-refractivity contribution in [3.05, 3.63) is 210 Å². The van der Waals surface area contributed by atoms with Gasteiger partial charge in [0.2, 0.25) is 0 Å². The summed E-state index contributed by atoms with van der Waals surface area (Å²) in [6.45, 7) is 0. The molecule has 0 radical (unpaired) electrons. The molecule has 2 aliphatic rings. The molecule has 1 nitrogen and oxygen atoms in total. The van der Waals surface area contributed by atoms with Gasteiger partial charge in [0.25, 0.3) is 0 Å². The van der Waals surface area contributed by atoms with Gasteiger partial charge in [-0.25, -0.2) is 0 Å². The fourth-order valence-electron chi connectivity index (χ4n) is 8.99. The maximum atomic E-state index is 2.49. The Hall–Kier alpha value is -6.22. The minimum absolute atomic E-state index is 0.401. The summed E-state index contributed by atoms with van der Waals surface area (Å²) in [5.41, 5.74) is 16.2. The summed E-state index contributed by atoms with van der Waals surface area (Å²) in [5.74, 6) is 0. The van der Waals surface area contributed by atoms with E-state index in [4.69, 9.17) is 0 Å². The lowest BCUT2D eigenvalue weighted by atomic mass is 9.70. The van der Waals surface area contributed by atoms with E-state index in [2.05, 4.69) is 193 Å². The molecule has 0 aliphatic heterocycles. The molecule has 11 rings (SSSR count). The zero-order chi connectivity index (χ0) is 33.5. The van der Waals surface area contributed by atoms with Crippen molar-refractivity contribution in [3.63, 3.8) is 0 Å². The smallest absolute Gasteiger partial charge is 0.0726 e. The zero-order valence-corrected chi connectivity index (χ0v) is 28.6. The molecule has 0 atom stereocenters. The molecule has 51 heavy (non-hydrogen) atoms. The van der Waals surface area contributed by atoms with Crippen LogP contribution in [0.5, 0.6) is 0 Å². The van der Waals surface area contributed by atoms with Gasteiger partial charge >= 0.3 is 0 Å². The van der Waals surface area contributed by atoms with Crippen molar-refractivity contribution >= 4 is 48.6 Å². The predicted molar refractivity (Wildman–Crippen MR) is 216 cm³/mol. The quantitative estimate of drug-likeness (QED) is 0.181. The van der Waals surface area contributed by atoms with Crippen molar-refractivity contribution in [2.75, 3.05) is 4.90 Å². The summed E-state index contributed by atoms with van der Waals surface area (Å²) < 4.78 is 2.60. The first-order valence-corrected chi connectivity index (χ1v) is 18.4. The lowest BCUT2D eigenvalue weighted by Crippen LogP contribution is -2.26. The van der Waals surface area contributed by atoms with E-state index in [-0.39, 0.29) is 0 Å². The Bertz CT molecular complexity index is 2750. The molecule has 2 heteroatoms. The first-order chi connectivity index (χ1) is 25.3. The summed E-state index contributed by atoms with van der Waals surface area (Å²) in [6.07, 6.45) is 0. The number of hydrogen-bond donors (Lipinski definition) is 0. The van der Waals surface area contributed by atoms with Crippen molar-refractivity contribution in [3.8, 4) is 33.4 Å². The van der Waals surface area contributed by atoms with Gasteiger partial charge in [-0.2, -0.15) is 0 Å². The van der Waals surface area contributed by atoms with Crippen LogP contribution in [0.15, 0.2) is 188 Å². The first-order valence-electron chi connectivity index (χ1n) is 17.6. The van der Waals surface area contributed by atoms with Gasteiger partial charge in [0.15, 0.2) is 0 Å². The lowest BCUT2D eigenvalue weighted by molar-refractivity contribution is 0.793. The normalized spacial score (nSPS) is 13.3. The van der Waals surface area contributed by atoms with E-state index in [1.54, 1.807) is 0 Å². The second-order valence-corrected chi connectivity index (χ2v) is 14.7. The Morgan fingerprint density at radius 2 is 0.902 bits per heavy atom. The summed E-state index contributed by atoms with van der Waals surface area (Å²) in [4.78, 5) is 2.48. The molecule has 1 heterocycles. The van der Waals surface area contributed by atoms with Crippen LogP contribution in [-0.2, 0) is 5.41 Å². The number of thiophene rings is 1. The van der Waals surface area contributed by atoms with Gasteiger partial charge < -0.3 is 4.90 Å². The molecule has 8 aromatic carbocycles. The fourth-order valence-corrected chi connectivity index (χ4v) is 10.2. The Morgan fingerprint density at radius 3 is 1.59 bits per heavy atom. The van der Waals surface area contributed by atoms with Crippen LogP contribution in [0.3, 0.4) is 0 Å². The van der Waals surface area contributed by atoms with Gasteiger partial charge in [-0.1, -0.05) is 152 Å². The molecule has 238 valence electrons. The van der Waals surface area contributed by atoms with Crippen LogP contribution in [0.25, 0.3) is 53.6 Å². The average molecular weight is 666 g/mol. The monoisotopic (exact) mass is 665 g/mol. The highest BCUT2D eigenvalue weighted by molar-refractivity contribution is 7.26. The van der Waals surface area contributed by atoms with Crippen LogP contribution in [0, 0.1) is 0 Å². The van der Waals surface area contributed by atoms with Crippen molar-refractivity contribution in [1.82, 2.24) is 0 Å². The Balaban J connectivity index is 1.19.